The van der Waals surface area contributed by atoms with E-state index in [4.69, 9.17) is 11.6 Å². The molecule has 0 aliphatic carbocycles. The van der Waals surface area contributed by atoms with E-state index in [1.807, 2.05) is 13.8 Å². The van der Waals surface area contributed by atoms with Crippen LogP contribution in [0.25, 0.3) is 0 Å². The van der Waals surface area contributed by atoms with Crippen molar-refractivity contribution in [2.75, 3.05) is 13.1 Å². The fourth-order valence-corrected chi connectivity index (χ4v) is 3.50. The third-order valence-electron chi connectivity index (χ3n) is 3.90. The first-order valence-electron chi connectivity index (χ1n) is 6.15. The minimum absolute atomic E-state index is 0.00489. The van der Waals surface area contributed by atoms with Crippen LogP contribution >= 0.6 is 22.9 Å². The van der Waals surface area contributed by atoms with Gasteiger partial charge in [0.25, 0.3) is 5.91 Å². The number of aliphatic carboxylic acids is 1. The summed E-state index contributed by atoms with van der Waals surface area (Å²) in [6.45, 7) is 4.54. The van der Waals surface area contributed by atoms with Gasteiger partial charge in [0.05, 0.1) is 14.6 Å². The second-order valence-electron chi connectivity index (χ2n) is 5.20. The summed E-state index contributed by atoms with van der Waals surface area (Å²) in [5.74, 6) is -0.947. The van der Waals surface area contributed by atoms with Gasteiger partial charge in [0.2, 0.25) is 0 Å². The van der Waals surface area contributed by atoms with Crippen molar-refractivity contribution in [1.29, 1.82) is 0 Å². The van der Waals surface area contributed by atoms with Gasteiger partial charge in [0, 0.05) is 13.1 Å². The third kappa shape index (κ3) is 2.49. The molecule has 1 aliphatic rings. The van der Waals surface area contributed by atoms with Crippen molar-refractivity contribution in [1.82, 2.24) is 4.90 Å². The van der Waals surface area contributed by atoms with Gasteiger partial charge in [0.15, 0.2) is 0 Å². The van der Waals surface area contributed by atoms with Gasteiger partial charge in [-0.05, 0) is 24.5 Å². The molecule has 0 saturated carbocycles. The molecular formula is C13H16ClNO3S. The lowest BCUT2D eigenvalue weighted by atomic mass is 9.76. The Bertz CT molecular complexity index is 514. The molecule has 0 aromatic carbocycles. The molecule has 1 amide bonds. The van der Waals surface area contributed by atoms with Crippen molar-refractivity contribution in [2.45, 2.75) is 20.3 Å². The monoisotopic (exact) mass is 301 g/mol. The number of amides is 1. The number of carboxylic acid groups (broad SMARTS) is 1. The Labute approximate surface area is 121 Å². The van der Waals surface area contributed by atoms with Gasteiger partial charge < -0.3 is 10.0 Å². The zero-order valence-electron chi connectivity index (χ0n) is 10.9. The molecule has 6 heteroatoms. The number of carbonyl (C=O) groups excluding carboxylic acids is 1. The van der Waals surface area contributed by atoms with E-state index in [1.165, 1.54) is 11.3 Å². The third-order valence-corrected chi connectivity index (χ3v) is 5.12. The summed E-state index contributed by atoms with van der Waals surface area (Å²) in [7, 11) is 0. The van der Waals surface area contributed by atoms with Crippen LogP contribution in [-0.2, 0) is 4.79 Å². The van der Waals surface area contributed by atoms with Crippen molar-refractivity contribution in [3.63, 3.8) is 0 Å². The first-order chi connectivity index (χ1) is 8.86. The van der Waals surface area contributed by atoms with Crippen molar-refractivity contribution in [3.8, 4) is 0 Å². The SMILES string of the molecule is CC(C)C1(C(=O)O)CCN(C(=O)c2ccc(Cl)s2)C1. The Hall–Kier alpha value is -1.07. The lowest BCUT2D eigenvalue weighted by Gasteiger charge is -2.28. The van der Waals surface area contributed by atoms with Gasteiger partial charge in [-0.15, -0.1) is 11.3 Å². The van der Waals surface area contributed by atoms with E-state index in [0.29, 0.717) is 22.2 Å². The molecule has 1 unspecified atom stereocenters. The summed E-state index contributed by atoms with van der Waals surface area (Å²) >= 11 is 7.05. The van der Waals surface area contributed by atoms with Gasteiger partial charge in [-0.25, -0.2) is 0 Å². The number of nitrogens with zero attached hydrogens (tertiary/aromatic N) is 1. The molecule has 1 atom stereocenters. The lowest BCUT2D eigenvalue weighted by molar-refractivity contribution is -0.150. The number of carboxylic acids is 1. The van der Waals surface area contributed by atoms with E-state index in [2.05, 4.69) is 0 Å². The second-order valence-corrected chi connectivity index (χ2v) is 6.91. The number of hydrogen-bond donors (Lipinski definition) is 1. The van der Waals surface area contributed by atoms with Gasteiger partial charge in [-0.2, -0.15) is 0 Å². The molecule has 1 aliphatic heterocycles. The molecular weight excluding hydrogens is 286 g/mol. The first-order valence-corrected chi connectivity index (χ1v) is 7.34. The molecule has 2 heterocycles. The quantitative estimate of drug-likeness (QED) is 0.934. The van der Waals surface area contributed by atoms with E-state index < -0.39 is 11.4 Å². The highest BCUT2D eigenvalue weighted by Crippen LogP contribution is 2.39. The summed E-state index contributed by atoms with van der Waals surface area (Å²) in [5.41, 5.74) is -0.823. The van der Waals surface area contributed by atoms with Gasteiger partial charge in [0.1, 0.15) is 0 Å². The average molecular weight is 302 g/mol. The second kappa shape index (κ2) is 5.13. The topological polar surface area (TPSA) is 57.6 Å². The van der Waals surface area contributed by atoms with E-state index in [0.717, 1.165) is 0 Å². The molecule has 0 radical (unpaired) electrons. The zero-order chi connectivity index (χ0) is 14.2. The average Bonchev–Trinajstić information content (AvgIpc) is 2.94. The molecule has 1 fully saturated rings. The van der Waals surface area contributed by atoms with Crippen LogP contribution in [0.15, 0.2) is 12.1 Å². The Kier molecular flexibility index (Phi) is 3.87. The zero-order valence-corrected chi connectivity index (χ0v) is 12.4. The van der Waals surface area contributed by atoms with Crippen LogP contribution < -0.4 is 0 Å². The van der Waals surface area contributed by atoms with Crippen LogP contribution in [0.1, 0.15) is 29.9 Å². The Morgan fingerprint density at radius 3 is 2.58 bits per heavy atom. The minimum atomic E-state index is -0.823. The van der Waals surface area contributed by atoms with Crippen LogP contribution in [0.2, 0.25) is 4.34 Å². The van der Waals surface area contributed by atoms with Crippen molar-refractivity contribution in [3.05, 3.63) is 21.3 Å². The Morgan fingerprint density at radius 2 is 2.16 bits per heavy atom. The number of rotatable bonds is 3. The smallest absolute Gasteiger partial charge is 0.311 e. The Morgan fingerprint density at radius 1 is 1.47 bits per heavy atom. The molecule has 4 nitrogen and oxygen atoms in total. The van der Waals surface area contributed by atoms with E-state index >= 15 is 0 Å². The molecule has 104 valence electrons. The molecule has 0 spiro atoms. The molecule has 1 saturated heterocycles. The molecule has 19 heavy (non-hydrogen) atoms. The number of halogens is 1. The van der Waals surface area contributed by atoms with Crippen LogP contribution in [0, 0.1) is 11.3 Å². The van der Waals surface area contributed by atoms with Crippen molar-refractivity contribution in [2.24, 2.45) is 11.3 Å². The number of likely N-dealkylation sites (tertiary alicyclic amines) is 1. The predicted molar refractivity (Wildman–Crippen MR) is 74.8 cm³/mol. The summed E-state index contributed by atoms with van der Waals surface area (Å²) in [5, 5.41) is 9.45. The molecule has 2 rings (SSSR count). The van der Waals surface area contributed by atoms with Gasteiger partial charge in [-0.3, -0.25) is 9.59 Å². The fraction of sp³-hybridized carbons (Fsp3) is 0.538. The number of carbonyl (C=O) groups is 2. The normalized spacial score (nSPS) is 23.1. The van der Waals surface area contributed by atoms with Crippen molar-refractivity contribution >= 4 is 34.8 Å². The van der Waals surface area contributed by atoms with Crippen LogP contribution in [-0.4, -0.2) is 35.0 Å². The van der Waals surface area contributed by atoms with E-state index in [9.17, 15) is 14.7 Å². The highest BCUT2D eigenvalue weighted by Gasteiger charge is 2.48. The van der Waals surface area contributed by atoms with E-state index in [-0.39, 0.29) is 18.4 Å². The highest BCUT2D eigenvalue weighted by molar-refractivity contribution is 7.17. The standard InChI is InChI=1S/C13H16ClNO3S/c1-8(2)13(12(17)18)5-6-15(7-13)11(16)9-3-4-10(14)19-9/h3-4,8H,5-7H2,1-2H3,(H,17,18). The summed E-state index contributed by atoms with van der Waals surface area (Å²) in [6.07, 6.45) is 0.505. The van der Waals surface area contributed by atoms with E-state index in [1.54, 1.807) is 17.0 Å². The summed E-state index contributed by atoms with van der Waals surface area (Å²) in [4.78, 5) is 26.0. The lowest BCUT2D eigenvalue weighted by Crippen LogP contribution is -2.40. The highest BCUT2D eigenvalue weighted by atomic mass is 35.5. The predicted octanol–water partition coefficient (Wildman–Crippen LogP) is 2.97. The molecule has 1 aromatic rings. The largest absolute Gasteiger partial charge is 0.481 e. The molecule has 0 bridgehead atoms. The maximum atomic E-state index is 12.3. The fourth-order valence-electron chi connectivity index (χ4n) is 2.48. The molecule has 1 N–H and O–H groups in total. The number of hydrogen-bond acceptors (Lipinski definition) is 3. The van der Waals surface area contributed by atoms with Gasteiger partial charge in [-0.1, -0.05) is 25.4 Å². The Balaban J connectivity index is 2.18. The van der Waals surface area contributed by atoms with Crippen LogP contribution in [0.4, 0.5) is 0 Å². The van der Waals surface area contributed by atoms with Crippen LogP contribution in [0.5, 0.6) is 0 Å². The number of thiophene rings is 1. The van der Waals surface area contributed by atoms with Crippen molar-refractivity contribution < 1.29 is 14.7 Å². The minimum Gasteiger partial charge on any atom is -0.481 e. The summed E-state index contributed by atoms with van der Waals surface area (Å²) in [6, 6.07) is 3.37. The molecule has 1 aromatic heterocycles. The first kappa shape index (κ1) is 14.3. The maximum absolute atomic E-state index is 12.3. The van der Waals surface area contributed by atoms with Gasteiger partial charge >= 0.3 is 5.97 Å². The van der Waals surface area contributed by atoms with Crippen LogP contribution in [0.3, 0.4) is 0 Å². The summed E-state index contributed by atoms with van der Waals surface area (Å²) < 4.78 is 0.566. The maximum Gasteiger partial charge on any atom is 0.311 e.